The van der Waals surface area contributed by atoms with Crippen LogP contribution < -0.4 is 43.4 Å². The molecule has 0 spiro atoms. The first kappa shape index (κ1) is 52.1. The minimum Gasteiger partial charge on any atom is -0.481 e. The highest BCUT2D eigenvalue weighted by molar-refractivity contribution is 5.97. The highest BCUT2D eigenvalue weighted by atomic mass is 16.4. The van der Waals surface area contributed by atoms with E-state index in [1.54, 1.807) is 74.5 Å². The highest BCUT2D eigenvalue weighted by Gasteiger charge is 2.34. The number of carbonyl (C=O) groups is 9. The number of rotatable bonds is 28. The Morgan fingerprint density at radius 2 is 0.952 bits per heavy atom. The normalized spacial score (nSPS) is 14.1. The highest BCUT2D eigenvalue weighted by Crippen LogP contribution is 2.12. The lowest BCUT2D eigenvalue weighted by Crippen LogP contribution is -2.60. The summed E-state index contributed by atoms with van der Waals surface area (Å²) in [5, 5.41) is 43.5. The van der Waals surface area contributed by atoms with Crippen molar-refractivity contribution in [1.29, 1.82) is 0 Å². The van der Waals surface area contributed by atoms with Crippen molar-refractivity contribution in [2.45, 2.75) is 115 Å². The van der Waals surface area contributed by atoms with Gasteiger partial charge in [0.15, 0.2) is 5.96 Å². The number of carbonyl (C=O) groups excluding carboxylic acids is 6. The number of nitrogens with zero attached hydrogens (tertiary/aromatic N) is 1. The number of guanidine groups is 1. The van der Waals surface area contributed by atoms with Gasteiger partial charge in [-0.1, -0.05) is 80.9 Å². The maximum Gasteiger partial charge on any atom is 0.326 e. The van der Waals surface area contributed by atoms with Crippen LogP contribution >= 0.6 is 0 Å². The first-order chi connectivity index (χ1) is 29.8. The number of hydrogen-bond acceptors (Lipinski definition) is 10. The van der Waals surface area contributed by atoms with E-state index in [-0.39, 0.29) is 38.2 Å². The topological polar surface area (TPSA) is 351 Å². The number of benzene rings is 2. The Morgan fingerprint density at radius 3 is 1.33 bits per heavy atom. The standard InChI is InChI=1S/C42H59N9O12/c1-4-24(2)35(41(62)63)51-38(59)30(18-20-34(55)56)49-37(58)29(17-19-33(53)54)48-36(57)28(16-11-21-45-42(43)44)47-40(61)32(23-27-14-9-6-10-15-27)50-39(60)31(46-25(3)52)22-26-12-7-5-8-13-26/h5-10,12-15,24,28-32,35H,4,11,16-23H2,1-3H3,(H,46,52)(H,47,61)(H,48,57)(H,49,58)(H,50,60)(H,51,59)(H,53,54)(H,55,56)(H,62,63)(H4,43,44,45)/t24-,28-,29-,30-,31-,32-,35-/m0/s1. The number of amides is 6. The Kier molecular flexibility index (Phi) is 22.3. The summed E-state index contributed by atoms with van der Waals surface area (Å²) in [6, 6.07) is 8.86. The van der Waals surface area contributed by atoms with Crippen LogP contribution in [-0.4, -0.2) is 117 Å². The Morgan fingerprint density at radius 1 is 0.571 bits per heavy atom. The fourth-order valence-electron chi connectivity index (χ4n) is 6.24. The zero-order valence-corrected chi connectivity index (χ0v) is 35.5. The quantitative estimate of drug-likeness (QED) is 0.0287. The monoisotopic (exact) mass is 881 g/mol. The number of nitrogens with two attached hydrogens (primary N) is 2. The molecule has 21 nitrogen and oxygen atoms in total. The van der Waals surface area contributed by atoms with Crippen LogP contribution in [0.3, 0.4) is 0 Å². The number of hydrogen-bond donors (Lipinski definition) is 11. The van der Waals surface area contributed by atoms with Crippen molar-refractivity contribution in [3.63, 3.8) is 0 Å². The summed E-state index contributed by atoms with van der Waals surface area (Å²) < 4.78 is 0. The number of carboxylic acids is 3. The molecular weight excluding hydrogens is 823 g/mol. The van der Waals surface area contributed by atoms with E-state index < -0.39 is 121 Å². The minimum atomic E-state index is -1.67. The van der Waals surface area contributed by atoms with Crippen molar-refractivity contribution < 1.29 is 58.5 Å². The van der Waals surface area contributed by atoms with Gasteiger partial charge in [0.1, 0.15) is 36.3 Å². The summed E-state index contributed by atoms with van der Waals surface area (Å²) in [6.45, 7) is 4.50. The first-order valence-corrected chi connectivity index (χ1v) is 20.4. The Hall–Kier alpha value is -7.06. The average Bonchev–Trinajstić information content (AvgIpc) is 3.23. The third kappa shape index (κ3) is 19.9. The van der Waals surface area contributed by atoms with Gasteiger partial charge in [0, 0.05) is 39.2 Å². The van der Waals surface area contributed by atoms with Crippen LogP contribution in [0, 0.1) is 5.92 Å². The van der Waals surface area contributed by atoms with Crippen LogP contribution in [0.2, 0.25) is 0 Å². The fourth-order valence-corrected chi connectivity index (χ4v) is 6.24. The predicted octanol–water partition coefficient (Wildman–Crippen LogP) is -0.686. The second kappa shape index (κ2) is 27.0. The minimum absolute atomic E-state index is 0.00132. The molecule has 2 aromatic carbocycles. The molecule has 0 unspecified atom stereocenters. The molecule has 63 heavy (non-hydrogen) atoms. The summed E-state index contributed by atoms with van der Waals surface area (Å²) >= 11 is 0. The SMILES string of the molecule is CC[C@H](C)[C@H](NC(=O)[C@H](CCC(=O)O)NC(=O)[C@H](CCC(=O)O)NC(=O)[C@H](CCCN=C(N)N)NC(=O)[C@H](Cc1ccccc1)NC(=O)[C@H](Cc1ccccc1)NC(C)=O)C(=O)O. The second-order valence-corrected chi connectivity index (χ2v) is 14.9. The maximum atomic E-state index is 14.2. The van der Waals surface area contributed by atoms with Gasteiger partial charge in [-0.05, 0) is 42.7 Å². The van der Waals surface area contributed by atoms with E-state index in [0.29, 0.717) is 12.0 Å². The molecule has 21 heteroatoms. The summed E-state index contributed by atoms with van der Waals surface area (Å²) in [7, 11) is 0. The molecule has 2 aromatic rings. The molecule has 0 aliphatic rings. The lowest BCUT2D eigenvalue weighted by atomic mass is 9.98. The van der Waals surface area contributed by atoms with E-state index in [9.17, 15) is 58.5 Å². The molecule has 0 fully saturated rings. The van der Waals surface area contributed by atoms with Crippen LogP contribution in [0.25, 0.3) is 0 Å². The number of carboxylic acid groups (broad SMARTS) is 3. The van der Waals surface area contributed by atoms with Crippen LogP contribution in [0.15, 0.2) is 65.7 Å². The first-order valence-electron chi connectivity index (χ1n) is 20.4. The van der Waals surface area contributed by atoms with Gasteiger partial charge in [-0.2, -0.15) is 0 Å². The summed E-state index contributed by atoms with van der Waals surface area (Å²) in [4.78, 5) is 120. The van der Waals surface area contributed by atoms with E-state index in [0.717, 1.165) is 5.56 Å². The zero-order chi connectivity index (χ0) is 47.1. The zero-order valence-electron chi connectivity index (χ0n) is 35.5. The van der Waals surface area contributed by atoms with Crippen molar-refractivity contribution in [2.75, 3.05) is 6.54 Å². The summed E-state index contributed by atoms with van der Waals surface area (Å²) in [5.41, 5.74) is 12.3. The molecule has 0 bridgehead atoms. The molecule has 7 atom stereocenters. The van der Waals surface area contributed by atoms with Crippen molar-refractivity contribution >= 4 is 59.3 Å². The number of aliphatic carboxylic acids is 3. The van der Waals surface area contributed by atoms with Gasteiger partial charge in [0.2, 0.25) is 35.4 Å². The van der Waals surface area contributed by atoms with E-state index in [1.165, 1.54) is 6.92 Å². The van der Waals surface area contributed by atoms with Gasteiger partial charge in [-0.25, -0.2) is 4.79 Å². The maximum absolute atomic E-state index is 14.2. The molecule has 0 aliphatic carbocycles. The molecule has 0 saturated carbocycles. The molecular formula is C42H59N9O12. The Bertz CT molecular complexity index is 1910. The lowest BCUT2D eigenvalue weighted by Gasteiger charge is -2.28. The van der Waals surface area contributed by atoms with E-state index in [1.807, 2.05) is 0 Å². The summed E-state index contributed by atoms with van der Waals surface area (Å²) in [6.07, 6.45) is -2.01. The van der Waals surface area contributed by atoms with Crippen LogP contribution in [0.4, 0.5) is 0 Å². The molecule has 13 N–H and O–H groups in total. The van der Waals surface area contributed by atoms with Gasteiger partial charge in [0.25, 0.3) is 0 Å². The van der Waals surface area contributed by atoms with Crippen LogP contribution in [-0.2, 0) is 56.0 Å². The van der Waals surface area contributed by atoms with Gasteiger partial charge in [-0.3, -0.25) is 43.3 Å². The van der Waals surface area contributed by atoms with Crippen molar-refractivity contribution in [3.8, 4) is 0 Å². The van der Waals surface area contributed by atoms with Gasteiger partial charge >= 0.3 is 17.9 Å². The fraction of sp³-hybridized carbons (Fsp3) is 0.476. The second-order valence-electron chi connectivity index (χ2n) is 14.9. The van der Waals surface area contributed by atoms with Gasteiger partial charge in [0.05, 0.1) is 0 Å². The smallest absolute Gasteiger partial charge is 0.326 e. The molecule has 6 amide bonds. The largest absolute Gasteiger partial charge is 0.481 e. The predicted molar refractivity (Wildman–Crippen MR) is 228 cm³/mol. The van der Waals surface area contributed by atoms with E-state index >= 15 is 0 Å². The third-order valence-corrected chi connectivity index (χ3v) is 9.81. The number of nitrogens with one attached hydrogen (secondary N) is 6. The third-order valence-electron chi connectivity index (χ3n) is 9.81. The molecule has 0 aromatic heterocycles. The van der Waals surface area contributed by atoms with Crippen LogP contribution in [0.5, 0.6) is 0 Å². The Balaban J connectivity index is 2.48. The van der Waals surface area contributed by atoms with Gasteiger partial charge in [-0.15, -0.1) is 0 Å². The molecule has 0 radical (unpaired) electrons. The molecule has 2 rings (SSSR count). The Labute approximate surface area is 364 Å². The van der Waals surface area contributed by atoms with Crippen molar-refractivity contribution in [3.05, 3.63) is 71.8 Å². The number of aliphatic imine (C=N–C) groups is 1. The summed E-state index contributed by atoms with van der Waals surface area (Å²) in [5.74, 6) is -10.0. The molecule has 0 saturated heterocycles. The molecule has 0 heterocycles. The lowest BCUT2D eigenvalue weighted by molar-refractivity contribution is -0.144. The van der Waals surface area contributed by atoms with E-state index in [2.05, 4.69) is 36.9 Å². The molecule has 0 aliphatic heterocycles. The van der Waals surface area contributed by atoms with Crippen molar-refractivity contribution in [1.82, 2.24) is 31.9 Å². The average molecular weight is 882 g/mol. The molecule has 344 valence electrons. The van der Waals surface area contributed by atoms with E-state index in [4.69, 9.17) is 11.5 Å². The van der Waals surface area contributed by atoms with Gasteiger partial charge < -0.3 is 58.7 Å². The van der Waals surface area contributed by atoms with Crippen molar-refractivity contribution in [2.24, 2.45) is 22.4 Å². The van der Waals surface area contributed by atoms with Crippen LogP contribution in [0.1, 0.15) is 76.8 Å².